The van der Waals surface area contributed by atoms with E-state index in [0.29, 0.717) is 12.3 Å². The molecule has 0 aliphatic rings. The zero-order chi connectivity index (χ0) is 15.2. The van der Waals surface area contributed by atoms with E-state index in [2.05, 4.69) is 4.98 Å². The second-order valence-electron chi connectivity index (χ2n) is 4.30. The average molecular weight is 285 g/mol. The molecular weight excluding hydrogens is 264 g/mol. The summed E-state index contributed by atoms with van der Waals surface area (Å²) >= 11 is 0. The van der Waals surface area contributed by atoms with Crippen LogP contribution in [-0.4, -0.2) is 16.8 Å². The lowest BCUT2D eigenvalue weighted by Crippen LogP contribution is -2.29. The maximum Gasteiger partial charge on any atom is 0.326 e. The third kappa shape index (κ3) is 3.16. The number of ether oxygens (including phenoxy) is 1. The van der Waals surface area contributed by atoms with E-state index < -0.39 is 0 Å². The number of benzene rings is 1. The van der Waals surface area contributed by atoms with Gasteiger partial charge in [0.1, 0.15) is 17.6 Å². The second-order valence-corrected chi connectivity index (χ2v) is 4.30. The fourth-order valence-corrected chi connectivity index (χ4v) is 2.13. The minimum absolute atomic E-state index is 0.663. The number of H-pyrrole nitrogens is 1. The van der Waals surface area contributed by atoms with E-state index >= 15 is 0 Å². The van der Waals surface area contributed by atoms with E-state index in [9.17, 15) is 5.21 Å². The summed E-state index contributed by atoms with van der Waals surface area (Å²) in [7, 11) is 0. The molecule has 0 saturated heterocycles. The minimum Gasteiger partial charge on any atom is -0.494 e. The molecule has 110 valence electrons. The average Bonchev–Trinajstić information content (AvgIpc) is 2.96. The summed E-state index contributed by atoms with van der Waals surface area (Å²) in [6, 6.07) is 13.6. The van der Waals surface area contributed by atoms with Gasteiger partial charge in [-0.25, -0.2) is 4.98 Å². The van der Waals surface area contributed by atoms with Crippen molar-refractivity contribution in [3.05, 3.63) is 48.7 Å². The maximum atomic E-state index is 9.71. The first-order valence-corrected chi connectivity index (χ1v) is 7.24. The van der Waals surface area contributed by atoms with Gasteiger partial charge in [0.15, 0.2) is 0 Å². The van der Waals surface area contributed by atoms with Crippen LogP contribution in [0.15, 0.2) is 48.7 Å². The van der Waals surface area contributed by atoms with Gasteiger partial charge in [-0.3, -0.25) is 0 Å². The standard InChI is InChI=1S/C15H14N2O2.C2H6/c1-2-19-13-7-5-11(6-8-13)14-10-12-4-3-9-17(18)15(12)16-14;1-2/h3-10,18H,2H2,1H3;1-2H3/p+1. The van der Waals surface area contributed by atoms with Gasteiger partial charge < -0.3 is 9.94 Å². The maximum absolute atomic E-state index is 9.71. The van der Waals surface area contributed by atoms with Gasteiger partial charge in [0.25, 0.3) is 0 Å². The van der Waals surface area contributed by atoms with E-state index in [1.54, 1.807) is 12.3 Å². The summed E-state index contributed by atoms with van der Waals surface area (Å²) in [6.45, 7) is 6.63. The van der Waals surface area contributed by atoms with Gasteiger partial charge in [-0.05, 0) is 43.3 Å². The third-order valence-corrected chi connectivity index (χ3v) is 3.03. The van der Waals surface area contributed by atoms with Crippen LogP contribution in [0.25, 0.3) is 22.3 Å². The third-order valence-electron chi connectivity index (χ3n) is 3.03. The molecule has 3 rings (SSSR count). The van der Waals surface area contributed by atoms with Gasteiger partial charge in [0.05, 0.1) is 12.0 Å². The Morgan fingerprint density at radius 2 is 1.86 bits per heavy atom. The summed E-state index contributed by atoms with van der Waals surface area (Å²) in [5.74, 6) is 0.861. The van der Waals surface area contributed by atoms with Gasteiger partial charge in [0.2, 0.25) is 0 Å². The summed E-state index contributed by atoms with van der Waals surface area (Å²) in [4.78, 5) is 3.20. The number of aromatic nitrogens is 2. The van der Waals surface area contributed by atoms with Crippen molar-refractivity contribution in [2.45, 2.75) is 20.8 Å². The molecule has 2 N–H and O–H groups in total. The van der Waals surface area contributed by atoms with Crippen LogP contribution in [0.2, 0.25) is 0 Å². The zero-order valence-electron chi connectivity index (χ0n) is 12.6. The van der Waals surface area contributed by atoms with Crippen LogP contribution in [0.1, 0.15) is 20.8 Å². The smallest absolute Gasteiger partial charge is 0.326 e. The van der Waals surface area contributed by atoms with Crippen LogP contribution >= 0.6 is 0 Å². The summed E-state index contributed by atoms with van der Waals surface area (Å²) in [5, 5.41) is 10.7. The summed E-state index contributed by atoms with van der Waals surface area (Å²) in [5.41, 5.74) is 2.71. The first-order valence-electron chi connectivity index (χ1n) is 7.24. The van der Waals surface area contributed by atoms with Gasteiger partial charge in [-0.15, -0.1) is 0 Å². The second kappa shape index (κ2) is 6.79. The molecule has 2 aromatic heterocycles. The Bertz CT molecular complexity index is 702. The van der Waals surface area contributed by atoms with Crippen molar-refractivity contribution in [2.75, 3.05) is 6.61 Å². The molecule has 0 unspecified atom stereocenters. The predicted molar refractivity (Wildman–Crippen MR) is 83.6 cm³/mol. The zero-order valence-corrected chi connectivity index (χ0v) is 12.6. The molecule has 0 amide bonds. The van der Waals surface area contributed by atoms with Crippen molar-refractivity contribution in [1.82, 2.24) is 4.98 Å². The van der Waals surface area contributed by atoms with Gasteiger partial charge in [-0.2, -0.15) is 0 Å². The molecule has 1 aromatic carbocycles. The van der Waals surface area contributed by atoms with Gasteiger partial charge in [0, 0.05) is 11.6 Å². The molecule has 3 aromatic rings. The highest BCUT2D eigenvalue weighted by atomic mass is 16.5. The van der Waals surface area contributed by atoms with Crippen molar-refractivity contribution in [1.29, 1.82) is 0 Å². The Balaban J connectivity index is 0.000000774. The van der Waals surface area contributed by atoms with Crippen LogP contribution in [0.4, 0.5) is 0 Å². The molecule has 4 heteroatoms. The lowest BCUT2D eigenvalue weighted by Gasteiger charge is -2.02. The molecule has 0 saturated carbocycles. The molecule has 0 fully saturated rings. The molecule has 4 nitrogen and oxygen atoms in total. The summed E-state index contributed by atoms with van der Waals surface area (Å²) in [6.07, 6.45) is 1.60. The van der Waals surface area contributed by atoms with Crippen LogP contribution in [0.5, 0.6) is 5.75 Å². The largest absolute Gasteiger partial charge is 0.494 e. The molecule has 21 heavy (non-hydrogen) atoms. The van der Waals surface area contributed by atoms with E-state index in [1.807, 2.05) is 57.2 Å². The van der Waals surface area contributed by atoms with Gasteiger partial charge >= 0.3 is 5.65 Å². The minimum atomic E-state index is 0.663. The SMILES string of the molecule is CC.CCOc1ccc(-c2cc3ccc[n+](O)c3[nH]2)cc1. The predicted octanol–water partition coefficient (Wildman–Crippen LogP) is 3.78. The number of hydrogen-bond donors (Lipinski definition) is 2. The van der Waals surface area contributed by atoms with Crippen LogP contribution in [0, 0.1) is 0 Å². The van der Waals surface area contributed by atoms with E-state index in [0.717, 1.165) is 27.1 Å². The number of pyridine rings is 1. The fourth-order valence-electron chi connectivity index (χ4n) is 2.13. The molecule has 0 aliphatic carbocycles. The Morgan fingerprint density at radius 3 is 2.48 bits per heavy atom. The monoisotopic (exact) mass is 285 g/mol. The van der Waals surface area contributed by atoms with Crippen LogP contribution in [0.3, 0.4) is 0 Å². The molecule has 0 aliphatic heterocycles. The lowest BCUT2D eigenvalue weighted by molar-refractivity contribution is -0.885. The summed E-state index contributed by atoms with van der Waals surface area (Å²) < 4.78 is 6.51. The Kier molecular flexibility index (Phi) is 4.82. The topological polar surface area (TPSA) is 49.1 Å². The number of nitrogens with zero attached hydrogens (tertiary/aromatic N) is 1. The Morgan fingerprint density at radius 1 is 1.14 bits per heavy atom. The number of fused-ring (bicyclic) bond motifs is 1. The van der Waals surface area contributed by atoms with Crippen molar-refractivity contribution in [2.24, 2.45) is 0 Å². The van der Waals surface area contributed by atoms with E-state index in [-0.39, 0.29) is 0 Å². The van der Waals surface area contributed by atoms with Crippen LogP contribution < -0.4 is 9.47 Å². The first-order chi connectivity index (χ1) is 10.3. The van der Waals surface area contributed by atoms with Crippen molar-refractivity contribution in [3.8, 4) is 17.0 Å². The molecule has 0 radical (unpaired) electrons. The Labute approximate surface area is 124 Å². The molecule has 0 atom stereocenters. The van der Waals surface area contributed by atoms with Crippen LogP contribution in [-0.2, 0) is 0 Å². The number of rotatable bonds is 3. The Hall–Kier alpha value is -2.49. The highest BCUT2D eigenvalue weighted by Crippen LogP contribution is 2.24. The van der Waals surface area contributed by atoms with Gasteiger partial charge in [-0.1, -0.05) is 18.6 Å². The van der Waals surface area contributed by atoms with Crippen molar-refractivity contribution in [3.63, 3.8) is 0 Å². The fraction of sp³-hybridized carbons (Fsp3) is 0.235. The lowest BCUT2D eigenvalue weighted by atomic mass is 10.1. The molecular formula is C17H21N2O2+. The number of nitrogens with one attached hydrogen (secondary N) is 1. The van der Waals surface area contributed by atoms with Crippen molar-refractivity contribution >= 4 is 11.0 Å². The normalized spacial score (nSPS) is 10.0. The highest BCUT2D eigenvalue weighted by molar-refractivity contribution is 5.80. The van der Waals surface area contributed by atoms with Crippen molar-refractivity contribution < 1.29 is 14.7 Å². The quantitative estimate of drug-likeness (QED) is 0.568. The first kappa shape index (κ1) is 14.9. The number of hydrogen-bond acceptors (Lipinski definition) is 2. The van der Waals surface area contributed by atoms with E-state index in [4.69, 9.17) is 4.74 Å². The molecule has 0 bridgehead atoms. The highest BCUT2D eigenvalue weighted by Gasteiger charge is 2.12. The molecule has 0 spiro atoms. The van der Waals surface area contributed by atoms with E-state index in [1.165, 1.54) is 0 Å². The number of aromatic amines is 1. The molecule has 2 heterocycles.